The van der Waals surface area contributed by atoms with Crippen LogP contribution in [0.25, 0.3) is 0 Å². The monoisotopic (exact) mass is 444 g/mol. The van der Waals surface area contributed by atoms with E-state index in [1.807, 2.05) is 0 Å². The number of carbonyl (C=O) groups is 1. The van der Waals surface area contributed by atoms with Gasteiger partial charge in [-0.3, -0.25) is 9.59 Å². The molecule has 0 atom stereocenters. The Bertz CT molecular complexity index is 1020. The molecule has 1 N–H and O–H groups in total. The predicted molar refractivity (Wildman–Crippen MR) is 104 cm³/mol. The third kappa shape index (κ3) is 5.63. The average Bonchev–Trinajstić information content (AvgIpc) is 3.05. The van der Waals surface area contributed by atoms with Crippen LogP contribution in [0.5, 0.6) is 0 Å². The molecule has 3 rings (SSSR count). The zero-order chi connectivity index (χ0) is 21.0. The van der Waals surface area contributed by atoms with Crippen molar-refractivity contribution in [2.24, 2.45) is 5.92 Å². The van der Waals surface area contributed by atoms with E-state index in [0.717, 1.165) is 36.4 Å². The van der Waals surface area contributed by atoms with E-state index >= 15 is 0 Å². The number of thiophene rings is 1. The third-order valence-electron chi connectivity index (χ3n) is 4.18. The fourth-order valence-electron chi connectivity index (χ4n) is 2.73. The molecule has 1 aliphatic rings. The number of alkyl halides is 2. The highest BCUT2D eigenvalue weighted by molar-refractivity contribution is 7.18. The highest BCUT2D eigenvalue weighted by atomic mass is 35.5. The van der Waals surface area contributed by atoms with Crippen molar-refractivity contribution < 1.29 is 22.7 Å². The molecule has 5 nitrogen and oxygen atoms in total. The molecule has 1 amide bonds. The lowest BCUT2D eigenvalue weighted by atomic mass is 10.0. The number of carbonyl (C=O) groups excluding carboxylic acids is 1. The topological polar surface area (TPSA) is 60.3 Å². The molecule has 2 aromatic rings. The van der Waals surface area contributed by atoms with Gasteiger partial charge < -0.3 is 14.6 Å². The van der Waals surface area contributed by atoms with Crippen molar-refractivity contribution in [2.75, 3.05) is 18.5 Å². The number of amides is 1. The van der Waals surface area contributed by atoms with E-state index in [1.54, 1.807) is 0 Å². The number of rotatable bonds is 4. The summed E-state index contributed by atoms with van der Waals surface area (Å²) in [5.41, 5.74) is -0.803. The molecule has 1 aliphatic heterocycles. The lowest BCUT2D eigenvalue weighted by Crippen LogP contribution is -2.26. The third-order valence-corrected chi connectivity index (χ3v) is 5.54. The SMILES string of the molecule is O=C(Nc1cc(F)c(=O)n(CC(F)F)c1)c1cc(C#CC2CCOCC2)c(Cl)s1. The molecule has 10 heteroatoms. The fraction of sp³-hybridized carbons (Fsp3) is 0.368. The van der Waals surface area contributed by atoms with Crippen molar-refractivity contribution >= 4 is 34.5 Å². The van der Waals surface area contributed by atoms with Crippen LogP contribution in [0.3, 0.4) is 0 Å². The van der Waals surface area contributed by atoms with E-state index in [4.69, 9.17) is 16.3 Å². The lowest BCUT2D eigenvalue weighted by molar-refractivity contribution is 0.0807. The first-order valence-electron chi connectivity index (χ1n) is 8.71. The highest BCUT2D eigenvalue weighted by Gasteiger charge is 2.16. The van der Waals surface area contributed by atoms with Crippen LogP contribution in [-0.4, -0.2) is 30.1 Å². The molecule has 0 aliphatic carbocycles. The predicted octanol–water partition coefficient (Wildman–Crippen LogP) is 4.00. The van der Waals surface area contributed by atoms with Crippen molar-refractivity contribution in [1.29, 1.82) is 0 Å². The number of hydrogen-bond donors (Lipinski definition) is 1. The Morgan fingerprint density at radius 3 is 2.79 bits per heavy atom. The first-order chi connectivity index (χ1) is 13.8. The van der Waals surface area contributed by atoms with Crippen molar-refractivity contribution in [3.05, 3.63) is 49.3 Å². The lowest BCUT2D eigenvalue weighted by Gasteiger charge is -2.16. The van der Waals surface area contributed by atoms with Gasteiger partial charge in [0.2, 0.25) is 0 Å². The molecule has 0 unspecified atom stereocenters. The van der Waals surface area contributed by atoms with Gasteiger partial charge in [-0.15, -0.1) is 11.3 Å². The van der Waals surface area contributed by atoms with Gasteiger partial charge >= 0.3 is 0 Å². The van der Waals surface area contributed by atoms with Gasteiger partial charge in [-0.2, -0.15) is 0 Å². The summed E-state index contributed by atoms with van der Waals surface area (Å²) in [6.07, 6.45) is -0.202. The minimum absolute atomic E-state index is 0.118. The molecule has 29 heavy (non-hydrogen) atoms. The van der Waals surface area contributed by atoms with Crippen LogP contribution in [0, 0.1) is 23.6 Å². The zero-order valence-corrected chi connectivity index (χ0v) is 16.6. The molecule has 3 heterocycles. The first-order valence-corrected chi connectivity index (χ1v) is 9.91. The van der Waals surface area contributed by atoms with Gasteiger partial charge in [0, 0.05) is 31.4 Å². The summed E-state index contributed by atoms with van der Waals surface area (Å²) in [4.78, 5) is 24.2. The number of anilines is 1. The Morgan fingerprint density at radius 1 is 1.38 bits per heavy atom. The van der Waals surface area contributed by atoms with Crippen LogP contribution >= 0.6 is 22.9 Å². The van der Waals surface area contributed by atoms with Gasteiger partial charge in [0.15, 0.2) is 5.82 Å². The van der Waals surface area contributed by atoms with Crippen LogP contribution in [0.1, 0.15) is 28.1 Å². The Kier molecular flexibility index (Phi) is 7.00. The first kappa shape index (κ1) is 21.4. The molecule has 154 valence electrons. The smallest absolute Gasteiger partial charge is 0.286 e. The van der Waals surface area contributed by atoms with Gasteiger partial charge in [-0.1, -0.05) is 23.4 Å². The Labute approximate surface area is 173 Å². The minimum Gasteiger partial charge on any atom is -0.381 e. The molecule has 0 aromatic carbocycles. The van der Waals surface area contributed by atoms with Crippen LogP contribution in [0.4, 0.5) is 18.9 Å². The standard InChI is InChI=1S/C19H16ClF3N2O3S/c20-17-12(2-1-11-3-5-28-6-4-11)7-15(29-17)18(26)24-13-8-14(21)19(27)25(9-13)10-16(22)23/h7-9,11,16H,3-6,10H2,(H,24,26). The molecule has 1 saturated heterocycles. The van der Waals surface area contributed by atoms with Crippen molar-refractivity contribution in [1.82, 2.24) is 4.57 Å². The average molecular weight is 445 g/mol. The van der Waals surface area contributed by atoms with E-state index in [0.29, 0.717) is 27.7 Å². The maximum Gasteiger partial charge on any atom is 0.286 e. The second-order valence-electron chi connectivity index (χ2n) is 6.33. The van der Waals surface area contributed by atoms with Gasteiger partial charge in [-0.05, 0) is 18.9 Å². The van der Waals surface area contributed by atoms with E-state index in [-0.39, 0.29) is 16.5 Å². The van der Waals surface area contributed by atoms with E-state index in [2.05, 4.69) is 17.2 Å². The number of aromatic nitrogens is 1. The molecular weight excluding hydrogens is 429 g/mol. The van der Waals surface area contributed by atoms with Gasteiger partial charge in [0.1, 0.15) is 4.34 Å². The summed E-state index contributed by atoms with van der Waals surface area (Å²) in [6, 6.07) is 2.30. The molecule has 0 spiro atoms. The highest BCUT2D eigenvalue weighted by Crippen LogP contribution is 2.28. The number of ether oxygens (including phenoxy) is 1. The molecule has 2 aromatic heterocycles. The minimum atomic E-state index is -2.84. The maximum absolute atomic E-state index is 13.7. The summed E-state index contributed by atoms with van der Waals surface area (Å²) >= 11 is 7.16. The van der Waals surface area contributed by atoms with Gasteiger partial charge in [0.05, 0.1) is 22.7 Å². The zero-order valence-electron chi connectivity index (χ0n) is 15.0. The summed E-state index contributed by atoms with van der Waals surface area (Å²) in [5.74, 6) is 4.45. The number of hydrogen-bond acceptors (Lipinski definition) is 4. The van der Waals surface area contributed by atoms with Crippen molar-refractivity contribution in [3.8, 4) is 11.8 Å². The second-order valence-corrected chi connectivity index (χ2v) is 7.99. The quantitative estimate of drug-likeness (QED) is 0.725. The van der Waals surface area contributed by atoms with E-state index in [9.17, 15) is 22.8 Å². The number of nitrogens with zero attached hydrogens (tertiary/aromatic N) is 1. The largest absolute Gasteiger partial charge is 0.381 e. The maximum atomic E-state index is 13.7. The van der Waals surface area contributed by atoms with E-state index in [1.165, 1.54) is 6.07 Å². The number of nitrogens with one attached hydrogen (secondary N) is 1. The summed E-state index contributed by atoms with van der Waals surface area (Å²) < 4.78 is 44.9. The summed E-state index contributed by atoms with van der Waals surface area (Å²) in [7, 11) is 0. The Hall–Kier alpha value is -2.28. The van der Waals surface area contributed by atoms with Crippen molar-refractivity contribution in [3.63, 3.8) is 0 Å². The van der Waals surface area contributed by atoms with Crippen LogP contribution in [0.2, 0.25) is 4.34 Å². The second kappa shape index (κ2) is 9.48. The van der Waals surface area contributed by atoms with Crippen LogP contribution < -0.4 is 10.9 Å². The van der Waals surface area contributed by atoms with E-state index < -0.39 is 30.3 Å². The van der Waals surface area contributed by atoms with Gasteiger partial charge in [0.25, 0.3) is 17.9 Å². The Morgan fingerprint density at radius 2 is 2.10 bits per heavy atom. The Balaban J connectivity index is 1.75. The normalized spacial score (nSPS) is 14.5. The fourth-order valence-corrected chi connectivity index (χ4v) is 3.82. The molecule has 1 fully saturated rings. The summed E-state index contributed by atoms with van der Waals surface area (Å²) in [5, 5.41) is 2.39. The van der Waals surface area contributed by atoms with Gasteiger partial charge in [-0.25, -0.2) is 13.2 Å². The molecular formula is C19H16ClF3N2O3S. The number of halogens is 4. The van der Waals surface area contributed by atoms with Crippen molar-refractivity contribution in [2.45, 2.75) is 25.8 Å². The molecule has 0 bridgehead atoms. The number of pyridine rings is 1. The van der Waals surface area contributed by atoms with Crippen LogP contribution in [-0.2, 0) is 11.3 Å². The summed E-state index contributed by atoms with van der Waals surface area (Å²) in [6.45, 7) is 0.347. The molecule has 0 saturated carbocycles. The van der Waals surface area contributed by atoms with Crippen LogP contribution in [0.15, 0.2) is 23.1 Å². The molecule has 0 radical (unpaired) electrons.